The number of pyridine rings is 1. The van der Waals surface area contributed by atoms with E-state index in [1.807, 2.05) is 32.2 Å². The van der Waals surface area contributed by atoms with Gasteiger partial charge in [-0.1, -0.05) is 6.07 Å². The molecule has 0 bridgehead atoms. The fourth-order valence-electron chi connectivity index (χ4n) is 3.98. The number of piperazine rings is 1. The number of rotatable bonds is 6. The lowest BCUT2D eigenvalue weighted by Crippen LogP contribution is -2.47. The number of aromatic nitrogens is 5. The molecule has 31 heavy (non-hydrogen) atoms. The Morgan fingerprint density at radius 3 is 2.26 bits per heavy atom. The van der Waals surface area contributed by atoms with Crippen LogP contribution in [0.3, 0.4) is 0 Å². The quantitative estimate of drug-likeness (QED) is 0.576. The van der Waals surface area contributed by atoms with Crippen molar-refractivity contribution in [3.8, 4) is 5.82 Å². The minimum atomic E-state index is -0.0985. The Labute approximate surface area is 181 Å². The lowest BCUT2D eigenvalue weighted by molar-refractivity contribution is 0.122. The molecule has 1 fully saturated rings. The van der Waals surface area contributed by atoms with Crippen LogP contribution in [0.1, 0.15) is 17.0 Å². The van der Waals surface area contributed by atoms with Gasteiger partial charge in [-0.15, -0.1) is 5.10 Å². The summed E-state index contributed by atoms with van der Waals surface area (Å²) in [4.78, 5) is 28.6. The van der Waals surface area contributed by atoms with Crippen LogP contribution in [-0.4, -0.2) is 66.7 Å². The van der Waals surface area contributed by atoms with Crippen LogP contribution < -0.4 is 11.1 Å². The molecule has 0 aliphatic carbocycles. The largest absolute Gasteiger partial charge is 0.318 e. The van der Waals surface area contributed by atoms with E-state index in [4.69, 9.17) is 0 Å². The van der Waals surface area contributed by atoms with Crippen LogP contribution in [0.2, 0.25) is 0 Å². The molecule has 1 aliphatic rings. The first-order valence-corrected chi connectivity index (χ1v) is 10.6. The number of nitrogens with zero attached hydrogens (tertiary/aromatic N) is 7. The maximum absolute atomic E-state index is 12.3. The standard InChI is InChI=1S/C22H29N7O2/c1-17-14-18(2)29(23-17)20-5-7-22(31)28(24-20)13-12-26-8-10-27(11-9-26)16-19-4-6-21(30)25(3)15-19/h4-7,14-15H,8-13,16H2,1-3H3. The molecule has 0 spiro atoms. The molecular weight excluding hydrogens is 394 g/mol. The van der Waals surface area contributed by atoms with Gasteiger partial charge in [0.15, 0.2) is 5.82 Å². The summed E-state index contributed by atoms with van der Waals surface area (Å²) < 4.78 is 4.92. The zero-order valence-corrected chi connectivity index (χ0v) is 18.4. The fourth-order valence-corrected chi connectivity index (χ4v) is 3.98. The molecule has 4 rings (SSSR count). The number of hydrogen-bond donors (Lipinski definition) is 0. The Hall–Kier alpha value is -3.04. The van der Waals surface area contributed by atoms with Gasteiger partial charge in [0.2, 0.25) is 5.56 Å². The molecule has 164 valence electrons. The highest BCUT2D eigenvalue weighted by molar-refractivity contribution is 5.23. The SMILES string of the molecule is Cc1cc(C)n(-c2ccc(=O)n(CCN3CCN(Cc4ccc(=O)n(C)c4)CC3)n2)n1. The first-order chi connectivity index (χ1) is 14.9. The Balaban J connectivity index is 1.33. The molecule has 1 saturated heterocycles. The van der Waals surface area contributed by atoms with Crippen molar-refractivity contribution in [3.63, 3.8) is 0 Å². The second kappa shape index (κ2) is 8.99. The first kappa shape index (κ1) is 21.2. The third kappa shape index (κ3) is 5.00. The average Bonchev–Trinajstić information content (AvgIpc) is 3.09. The van der Waals surface area contributed by atoms with E-state index in [9.17, 15) is 9.59 Å². The summed E-state index contributed by atoms with van der Waals surface area (Å²) >= 11 is 0. The topological polar surface area (TPSA) is 81.2 Å². The zero-order chi connectivity index (χ0) is 22.0. The van der Waals surface area contributed by atoms with E-state index in [-0.39, 0.29) is 11.1 Å². The molecule has 0 amide bonds. The van der Waals surface area contributed by atoms with Gasteiger partial charge in [-0.3, -0.25) is 19.4 Å². The smallest absolute Gasteiger partial charge is 0.266 e. The summed E-state index contributed by atoms with van der Waals surface area (Å²) in [5, 5.41) is 8.99. The molecule has 0 N–H and O–H groups in total. The zero-order valence-electron chi connectivity index (χ0n) is 18.4. The maximum atomic E-state index is 12.3. The third-order valence-electron chi connectivity index (χ3n) is 5.73. The predicted octanol–water partition coefficient (Wildman–Crippen LogP) is 0.562. The third-order valence-corrected chi connectivity index (χ3v) is 5.73. The van der Waals surface area contributed by atoms with Crippen LogP contribution in [0.25, 0.3) is 5.82 Å². The van der Waals surface area contributed by atoms with Gasteiger partial charge in [0.1, 0.15) is 0 Å². The van der Waals surface area contributed by atoms with Gasteiger partial charge in [-0.05, 0) is 31.5 Å². The van der Waals surface area contributed by atoms with Crippen molar-refractivity contribution >= 4 is 0 Å². The summed E-state index contributed by atoms with van der Waals surface area (Å²) in [6, 6.07) is 8.80. The van der Waals surface area contributed by atoms with Crippen molar-refractivity contribution in [2.24, 2.45) is 7.05 Å². The lowest BCUT2D eigenvalue weighted by atomic mass is 10.2. The first-order valence-electron chi connectivity index (χ1n) is 10.6. The molecule has 3 aromatic rings. The van der Waals surface area contributed by atoms with Crippen LogP contribution in [0.15, 0.2) is 46.1 Å². The second-order valence-corrected chi connectivity index (χ2v) is 8.20. The van der Waals surface area contributed by atoms with Crippen molar-refractivity contribution in [2.75, 3.05) is 32.7 Å². The average molecular weight is 424 g/mol. The summed E-state index contributed by atoms with van der Waals surface area (Å²) in [7, 11) is 1.78. The van der Waals surface area contributed by atoms with Crippen LogP contribution in [0.4, 0.5) is 0 Å². The molecule has 9 nitrogen and oxygen atoms in total. The molecule has 3 aromatic heterocycles. The van der Waals surface area contributed by atoms with E-state index >= 15 is 0 Å². The summed E-state index contributed by atoms with van der Waals surface area (Å²) in [5.74, 6) is 0.660. The van der Waals surface area contributed by atoms with Crippen LogP contribution in [0.5, 0.6) is 0 Å². The molecule has 4 heterocycles. The van der Waals surface area contributed by atoms with Crippen molar-refractivity contribution in [1.82, 2.24) is 33.9 Å². The minimum Gasteiger partial charge on any atom is -0.318 e. The van der Waals surface area contributed by atoms with E-state index in [2.05, 4.69) is 20.0 Å². The van der Waals surface area contributed by atoms with Gasteiger partial charge in [0.05, 0.1) is 12.2 Å². The fraction of sp³-hybridized carbons (Fsp3) is 0.455. The maximum Gasteiger partial charge on any atom is 0.266 e. The van der Waals surface area contributed by atoms with E-state index in [1.54, 1.807) is 34.5 Å². The highest BCUT2D eigenvalue weighted by atomic mass is 16.1. The molecule has 9 heteroatoms. The molecule has 1 aliphatic heterocycles. The van der Waals surface area contributed by atoms with Crippen molar-refractivity contribution in [3.05, 3.63) is 74.2 Å². The Kier molecular flexibility index (Phi) is 6.15. The molecular formula is C22H29N7O2. The van der Waals surface area contributed by atoms with Crippen molar-refractivity contribution < 1.29 is 0 Å². The van der Waals surface area contributed by atoms with Gasteiger partial charge in [0, 0.05) is 70.3 Å². The Bertz CT molecular complexity index is 1170. The molecule has 0 saturated carbocycles. The Morgan fingerprint density at radius 2 is 1.58 bits per heavy atom. The van der Waals surface area contributed by atoms with Gasteiger partial charge in [-0.25, -0.2) is 9.36 Å². The second-order valence-electron chi connectivity index (χ2n) is 8.20. The highest BCUT2D eigenvalue weighted by Gasteiger charge is 2.17. The molecule has 0 aromatic carbocycles. The van der Waals surface area contributed by atoms with E-state index in [0.29, 0.717) is 12.4 Å². The highest BCUT2D eigenvalue weighted by Crippen LogP contribution is 2.09. The molecule has 0 atom stereocenters. The molecule has 0 unspecified atom stereocenters. The minimum absolute atomic E-state index is 0.0133. The monoisotopic (exact) mass is 423 g/mol. The van der Waals surface area contributed by atoms with Crippen LogP contribution in [0, 0.1) is 13.8 Å². The van der Waals surface area contributed by atoms with Gasteiger partial charge < -0.3 is 4.57 Å². The molecule has 0 radical (unpaired) electrons. The normalized spacial score (nSPS) is 15.5. The van der Waals surface area contributed by atoms with E-state index in [1.165, 1.54) is 4.68 Å². The number of hydrogen-bond acceptors (Lipinski definition) is 6. The van der Waals surface area contributed by atoms with E-state index in [0.717, 1.165) is 56.2 Å². The lowest BCUT2D eigenvalue weighted by Gasteiger charge is -2.34. The predicted molar refractivity (Wildman–Crippen MR) is 118 cm³/mol. The van der Waals surface area contributed by atoms with E-state index < -0.39 is 0 Å². The summed E-state index contributed by atoms with van der Waals surface area (Å²) in [5.41, 5.74) is 2.97. The van der Waals surface area contributed by atoms with Gasteiger partial charge in [0.25, 0.3) is 5.56 Å². The van der Waals surface area contributed by atoms with Crippen molar-refractivity contribution in [1.29, 1.82) is 0 Å². The van der Waals surface area contributed by atoms with Crippen LogP contribution >= 0.6 is 0 Å². The van der Waals surface area contributed by atoms with Gasteiger partial charge >= 0.3 is 0 Å². The Morgan fingerprint density at radius 1 is 0.871 bits per heavy atom. The van der Waals surface area contributed by atoms with Crippen LogP contribution in [-0.2, 0) is 20.1 Å². The summed E-state index contributed by atoms with van der Waals surface area (Å²) in [6.45, 7) is 9.88. The summed E-state index contributed by atoms with van der Waals surface area (Å²) in [6.07, 6.45) is 1.91. The van der Waals surface area contributed by atoms with Gasteiger partial charge in [-0.2, -0.15) is 5.10 Å². The number of aryl methyl sites for hydroxylation is 3. The van der Waals surface area contributed by atoms with Crippen molar-refractivity contribution in [2.45, 2.75) is 26.9 Å².